The molecule has 0 aromatic rings. The van der Waals surface area contributed by atoms with Crippen LogP contribution in [0.1, 0.15) is 65.2 Å². The van der Waals surface area contributed by atoms with Crippen molar-refractivity contribution in [3.05, 3.63) is 0 Å². The Morgan fingerprint density at radius 1 is 1.12 bits per heavy atom. The molecule has 0 radical (unpaired) electrons. The monoisotopic (exact) mass is 237 g/mol. The van der Waals surface area contributed by atoms with Gasteiger partial charge in [0.15, 0.2) is 5.96 Å². The molecule has 2 aliphatic carbocycles. The second-order valence-electron chi connectivity index (χ2n) is 6.39. The van der Waals surface area contributed by atoms with Crippen LogP contribution in [0.15, 0.2) is 4.99 Å². The van der Waals surface area contributed by atoms with Crippen LogP contribution in [0.2, 0.25) is 0 Å². The van der Waals surface area contributed by atoms with Gasteiger partial charge in [-0.1, -0.05) is 39.5 Å². The van der Waals surface area contributed by atoms with Crippen molar-refractivity contribution < 1.29 is 0 Å². The van der Waals surface area contributed by atoms with Crippen molar-refractivity contribution in [2.75, 3.05) is 0 Å². The Labute approximate surface area is 105 Å². The van der Waals surface area contributed by atoms with Gasteiger partial charge in [0.05, 0.1) is 6.04 Å². The number of nitrogens with two attached hydrogens (primary N) is 1. The molecule has 0 spiro atoms. The number of guanidine groups is 1. The maximum Gasteiger partial charge on any atom is 0.189 e. The van der Waals surface area contributed by atoms with Crippen LogP contribution in [-0.2, 0) is 0 Å². The van der Waals surface area contributed by atoms with E-state index < -0.39 is 0 Å². The summed E-state index contributed by atoms with van der Waals surface area (Å²) in [5.74, 6) is 0.676. The molecule has 98 valence electrons. The topological polar surface area (TPSA) is 50.4 Å². The molecule has 17 heavy (non-hydrogen) atoms. The maximum absolute atomic E-state index is 6.03. The highest BCUT2D eigenvalue weighted by Gasteiger charge is 2.38. The molecule has 3 heteroatoms. The molecule has 2 saturated carbocycles. The van der Waals surface area contributed by atoms with E-state index in [9.17, 15) is 0 Å². The standard InChI is InChI=1S/C14H27N3/c1-14(2)10-9-12(14)17-13(15)16-11-7-5-3-4-6-8-11/h11-12H,3-10H2,1-2H3,(H3,15,16,17). The van der Waals surface area contributed by atoms with Gasteiger partial charge < -0.3 is 11.1 Å². The smallest absolute Gasteiger partial charge is 0.189 e. The molecule has 2 rings (SSSR count). The molecule has 0 saturated heterocycles. The van der Waals surface area contributed by atoms with Crippen molar-refractivity contribution in [2.24, 2.45) is 16.1 Å². The van der Waals surface area contributed by atoms with Crippen molar-refractivity contribution in [3.8, 4) is 0 Å². The highest BCUT2D eigenvalue weighted by Crippen LogP contribution is 2.42. The molecule has 3 N–H and O–H groups in total. The van der Waals surface area contributed by atoms with E-state index in [4.69, 9.17) is 5.73 Å². The molecule has 0 heterocycles. The Morgan fingerprint density at radius 3 is 2.24 bits per heavy atom. The Kier molecular flexibility index (Phi) is 3.95. The second-order valence-corrected chi connectivity index (χ2v) is 6.39. The minimum atomic E-state index is 0.357. The van der Waals surface area contributed by atoms with Crippen molar-refractivity contribution in [2.45, 2.75) is 77.3 Å². The van der Waals surface area contributed by atoms with E-state index in [1.165, 1.54) is 51.4 Å². The van der Waals surface area contributed by atoms with Crippen molar-refractivity contribution >= 4 is 5.96 Å². The van der Waals surface area contributed by atoms with Crippen LogP contribution in [0.25, 0.3) is 0 Å². The summed E-state index contributed by atoms with van der Waals surface area (Å²) in [4.78, 5) is 4.64. The predicted octanol–water partition coefficient (Wildman–Crippen LogP) is 2.80. The zero-order chi connectivity index (χ0) is 12.3. The van der Waals surface area contributed by atoms with E-state index >= 15 is 0 Å². The third-order valence-electron chi connectivity index (χ3n) is 4.47. The largest absolute Gasteiger partial charge is 0.370 e. The first-order valence-electron chi connectivity index (χ1n) is 7.18. The van der Waals surface area contributed by atoms with E-state index in [2.05, 4.69) is 24.2 Å². The molecular formula is C14H27N3. The molecule has 0 aromatic heterocycles. The van der Waals surface area contributed by atoms with Crippen molar-refractivity contribution in [1.82, 2.24) is 5.32 Å². The minimum absolute atomic E-state index is 0.357. The predicted molar refractivity (Wildman–Crippen MR) is 73.1 cm³/mol. The molecule has 0 bridgehead atoms. The average molecular weight is 237 g/mol. The van der Waals surface area contributed by atoms with Gasteiger partial charge in [-0.3, -0.25) is 0 Å². The Bertz CT molecular complexity index is 275. The van der Waals surface area contributed by atoms with Gasteiger partial charge in [0.1, 0.15) is 0 Å². The number of aliphatic imine (C=N–C) groups is 1. The SMILES string of the molecule is CC1(C)CCC1N=C(N)NC1CCCCCC1. The lowest BCUT2D eigenvalue weighted by Crippen LogP contribution is -2.45. The zero-order valence-electron chi connectivity index (χ0n) is 11.3. The summed E-state index contributed by atoms with van der Waals surface area (Å²) < 4.78 is 0. The molecular weight excluding hydrogens is 210 g/mol. The first-order valence-corrected chi connectivity index (χ1v) is 7.18. The number of hydrogen-bond acceptors (Lipinski definition) is 1. The molecule has 0 aliphatic heterocycles. The molecule has 2 aliphatic rings. The van der Waals surface area contributed by atoms with E-state index in [0.717, 1.165) is 0 Å². The summed E-state index contributed by atoms with van der Waals surface area (Å²) in [6, 6.07) is 0.991. The molecule has 0 aromatic carbocycles. The molecule has 0 amide bonds. The number of nitrogens with zero attached hydrogens (tertiary/aromatic N) is 1. The fourth-order valence-corrected chi connectivity index (χ4v) is 2.93. The summed E-state index contributed by atoms with van der Waals surface area (Å²) in [5.41, 5.74) is 6.38. The van der Waals surface area contributed by atoms with Gasteiger partial charge in [-0.05, 0) is 31.1 Å². The van der Waals surface area contributed by atoms with E-state index in [1.54, 1.807) is 0 Å². The Morgan fingerprint density at radius 2 is 1.76 bits per heavy atom. The third kappa shape index (κ3) is 3.36. The molecule has 1 atom stereocenters. The summed E-state index contributed by atoms with van der Waals surface area (Å²) in [6.07, 6.45) is 10.4. The summed E-state index contributed by atoms with van der Waals surface area (Å²) >= 11 is 0. The summed E-state index contributed by atoms with van der Waals surface area (Å²) in [6.45, 7) is 4.56. The van der Waals surface area contributed by atoms with E-state index in [-0.39, 0.29) is 0 Å². The van der Waals surface area contributed by atoms with E-state index in [0.29, 0.717) is 23.5 Å². The molecule has 2 fully saturated rings. The van der Waals surface area contributed by atoms with Crippen LogP contribution in [0, 0.1) is 5.41 Å². The third-order valence-corrected chi connectivity index (χ3v) is 4.47. The van der Waals surface area contributed by atoms with Gasteiger partial charge in [0.25, 0.3) is 0 Å². The fraction of sp³-hybridized carbons (Fsp3) is 0.929. The van der Waals surface area contributed by atoms with Gasteiger partial charge >= 0.3 is 0 Å². The second kappa shape index (κ2) is 5.28. The van der Waals surface area contributed by atoms with Crippen LogP contribution < -0.4 is 11.1 Å². The van der Waals surface area contributed by atoms with Crippen molar-refractivity contribution in [3.63, 3.8) is 0 Å². The summed E-state index contributed by atoms with van der Waals surface area (Å²) in [5, 5.41) is 3.42. The van der Waals surface area contributed by atoms with Crippen molar-refractivity contribution in [1.29, 1.82) is 0 Å². The lowest BCUT2D eigenvalue weighted by molar-refractivity contribution is 0.145. The fourth-order valence-electron chi connectivity index (χ4n) is 2.93. The first-order chi connectivity index (χ1) is 8.08. The highest BCUT2D eigenvalue weighted by atomic mass is 15.1. The van der Waals surface area contributed by atoms with Gasteiger partial charge in [-0.15, -0.1) is 0 Å². The van der Waals surface area contributed by atoms with Crippen LogP contribution in [0.3, 0.4) is 0 Å². The molecule has 1 unspecified atom stereocenters. The van der Waals surface area contributed by atoms with Gasteiger partial charge in [-0.25, -0.2) is 4.99 Å². The Hall–Kier alpha value is -0.730. The van der Waals surface area contributed by atoms with Gasteiger partial charge in [0, 0.05) is 6.04 Å². The number of rotatable bonds is 2. The quantitative estimate of drug-likeness (QED) is 0.441. The zero-order valence-corrected chi connectivity index (χ0v) is 11.3. The lowest BCUT2D eigenvalue weighted by atomic mass is 9.68. The van der Waals surface area contributed by atoms with Crippen LogP contribution in [0.5, 0.6) is 0 Å². The maximum atomic E-state index is 6.03. The number of nitrogens with one attached hydrogen (secondary N) is 1. The van der Waals surface area contributed by atoms with Gasteiger partial charge in [0.2, 0.25) is 0 Å². The lowest BCUT2D eigenvalue weighted by Gasteiger charge is -2.42. The van der Waals surface area contributed by atoms with E-state index in [1.807, 2.05) is 0 Å². The summed E-state index contributed by atoms with van der Waals surface area (Å²) in [7, 11) is 0. The van der Waals surface area contributed by atoms with Gasteiger partial charge in [-0.2, -0.15) is 0 Å². The highest BCUT2D eigenvalue weighted by molar-refractivity contribution is 5.78. The average Bonchev–Trinajstić information content (AvgIpc) is 2.53. The van der Waals surface area contributed by atoms with Crippen LogP contribution in [-0.4, -0.2) is 18.0 Å². The molecule has 3 nitrogen and oxygen atoms in total. The normalized spacial score (nSPS) is 30.5. The van der Waals surface area contributed by atoms with Crippen LogP contribution in [0.4, 0.5) is 0 Å². The minimum Gasteiger partial charge on any atom is -0.370 e. The number of hydrogen-bond donors (Lipinski definition) is 2. The first kappa shape index (κ1) is 12.7. The van der Waals surface area contributed by atoms with Crippen LogP contribution >= 0.6 is 0 Å². The Balaban J connectivity index is 1.83.